The van der Waals surface area contributed by atoms with Gasteiger partial charge in [-0.25, -0.2) is 9.78 Å². The Balaban J connectivity index is 1.90. The van der Waals surface area contributed by atoms with E-state index < -0.39 is 0 Å². The summed E-state index contributed by atoms with van der Waals surface area (Å²) in [6.07, 6.45) is 1.57. The van der Waals surface area contributed by atoms with E-state index in [9.17, 15) is 4.79 Å². The second kappa shape index (κ2) is 5.09. The molecule has 0 bridgehead atoms. The number of isocyanates is 1. The summed E-state index contributed by atoms with van der Waals surface area (Å²) in [5.41, 5.74) is 1.60. The molecule has 98 valence electrons. The molecule has 0 aliphatic carbocycles. The maximum absolute atomic E-state index is 10.3. The van der Waals surface area contributed by atoms with Crippen LogP contribution in [-0.2, 0) is 4.79 Å². The average molecular weight is 274 g/mol. The number of hydrogen-bond acceptors (Lipinski definition) is 6. The fourth-order valence-corrected chi connectivity index (χ4v) is 3.21. The van der Waals surface area contributed by atoms with Crippen LogP contribution < -0.4 is 4.90 Å². The van der Waals surface area contributed by atoms with E-state index >= 15 is 0 Å². The Labute approximate surface area is 115 Å². The summed E-state index contributed by atoms with van der Waals surface area (Å²) in [7, 11) is 2.14. The summed E-state index contributed by atoms with van der Waals surface area (Å²) in [5.74, 6) is 0. The molecule has 1 fully saturated rings. The highest BCUT2D eigenvalue weighted by atomic mass is 32.1. The molecule has 0 N–H and O–H groups in total. The van der Waals surface area contributed by atoms with Crippen molar-refractivity contribution in [1.82, 2.24) is 9.88 Å². The summed E-state index contributed by atoms with van der Waals surface area (Å²) < 4.78 is 1.06. The highest BCUT2D eigenvalue weighted by Crippen LogP contribution is 2.31. The van der Waals surface area contributed by atoms with Gasteiger partial charge in [0.1, 0.15) is 0 Å². The van der Waals surface area contributed by atoms with Gasteiger partial charge >= 0.3 is 0 Å². The SMILES string of the molecule is CN1CCN(c2nc3ccc(N=C=O)cc3s2)CC1. The Hall–Kier alpha value is -1.75. The maximum Gasteiger partial charge on any atom is 0.240 e. The van der Waals surface area contributed by atoms with Crippen LogP contribution in [0.15, 0.2) is 23.2 Å². The number of rotatable bonds is 2. The third kappa shape index (κ3) is 2.51. The molecule has 3 rings (SSSR count). The first-order chi connectivity index (χ1) is 9.26. The Kier molecular flexibility index (Phi) is 3.29. The van der Waals surface area contributed by atoms with Crippen molar-refractivity contribution in [2.75, 3.05) is 38.1 Å². The van der Waals surface area contributed by atoms with Gasteiger partial charge in [-0.15, -0.1) is 0 Å². The Morgan fingerprint density at radius 3 is 2.84 bits per heavy atom. The lowest BCUT2D eigenvalue weighted by Gasteiger charge is -2.31. The van der Waals surface area contributed by atoms with E-state index in [0.717, 1.165) is 41.5 Å². The first-order valence-electron chi connectivity index (χ1n) is 6.18. The second-order valence-corrected chi connectivity index (χ2v) is 5.65. The molecule has 1 aliphatic rings. The van der Waals surface area contributed by atoms with Crippen LogP contribution in [0.5, 0.6) is 0 Å². The topological polar surface area (TPSA) is 48.8 Å². The molecule has 0 unspecified atom stereocenters. The lowest BCUT2D eigenvalue weighted by molar-refractivity contribution is 0.313. The van der Waals surface area contributed by atoms with E-state index in [1.165, 1.54) is 0 Å². The predicted molar refractivity (Wildman–Crippen MR) is 77.1 cm³/mol. The molecular weight excluding hydrogens is 260 g/mol. The van der Waals surface area contributed by atoms with Crippen LogP contribution in [0.2, 0.25) is 0 Å². The van der Waals surface area contributed by atoms with Gasteiger partial charge in [0.15, 0.2) is 5.13 Å². The number of benzene rings is 1. The van der Waals surface area contributed by atoms with Crippen molar-refractivity contribution in [1.29, 1.82) is 0 Å². The Morgan fingerprint density at radius 1 is 1.32 bits per heavy atom. The Morgan fingerprint density at radius 2 is 2.11 bits per heavy atom. The van der Waals surface area contributed by atoms with Crippen LogP contribution in [0.4, 0.5) is 10.8 Å². The molecule has 19 heavy (non-hydrogen) atoms. The molecule has 1 aromatic heterocycles. The van der Waals surface area contributed by atoms with Gasteiger partial charge in [0.25, 0.3) is 0 Å². The number of thiazole rings is 1. The molecule has 0 spiro atoms. The number of fused-ring (bicyclic) bond motifs is 1. The quantitative estimate of drug-likeness (QED) is 0.621. The van der Waals surface area contributed by atoms with E-state index in [2.05, 4.69) is 26.8 Å². The fourth-order valence-electron chi connectivity index (χ4n) is 2.16. The van der Waals surface area contributed by atoms with Gasteiger partial charge in [-0.2, -0.15) is 4.99 Å². The number of nitrogens with zero attached hydrogens (tertiary/aromatic N) is 4. The van der Waals surface area contributed by atoms with Gasteiger partial charge in [0.05, 0.1) is 15.9 Å². The predicted octanol–water partition coefficient (Wildman–Crippen LogP) is 2.02. The summed E-state index contributed by atoms with van der Waals surface area (Å²) in [4.78, 5) is 23.2. The third-order valence-electron chi connectivity index (χ3n) is 3.31. The fraction of sp³-hybridized carbons (Fsp3) is 0.385. The molecule has 1 aliphatic heterocycles. The summed E-state index contributed by atoms with van der Waals surface area (Å²) >= 11 is 1.65. The van der Waals surface area contributed by atoms with Gasteiger partial charge in [-0.3, -0.25) is 0 Å². The number of hydrogen-bond donors (Lipinski definition) is 0. The number of carbonyl (C=O) groups excluding carboxylic acids is 1. The van der Waals surface area contributed by atoms with Crippen LogP contribution in [0.3, 0.4) is 0 Å². The normalized spacial score (nSPS) is 16.6. The summed E-state index contributed by atoms with van der Waals surface area (Å²) in [5, 5.41) is 1.05. The smallest absolute Gasteiger partial charge is 0.240 e. The molecule has 6 heteroatoms. The zero-order chi connectivity index (χ0) is 13.2. The summed E-state index contributed by atoms with van der Waals surface area (Å²) in [6, 6.07) is 5.58. The van der Waals surface area contributed by atoms with E-state index in [-0.39, 0.29) is 0 Å². The van der Waals surface area contributed by atoms with Crippen molar-refractivity contribution in [2.24, 2.45) is 4.99 Å². The minimum absolute atomic E-state index is 0.635. The minimum atomic E-state index is 0.635. The van der Waals surface area contributed by atoms with Crippen molar-refractivity contribution in [3.8, 4) is 0 Å². The maximum atomic E-state index is 10.3. The first kappa shape index (κ1) is 12.3. The third-order valence-corrected chi connectivity index (χ3v) is 4.39. The van der Waals surface area contributed by atoms with Gasteiger partial charge in [0.2, 0.25) is 6.08 Å². The van der Waals surface area contributed by atoms with Crippen LogP contribution in [0, 0.1) is 0 Å². The first-order valence-corrected chi connectivity index (χ1v) is 7.00. The zero-order valence-electron chi connectivity index (χ0n) is 10.7. The van der Waals surface area contributed by atoms with Crippen molar-refractivity contribution < 1.29 is 4.79 Å². The largest absolute Gasteiger partial charge is 0.345 e. The zero-order valence-corrected chi connectivity index (χ0v) is 11.5. The van der Waals surface area contributed by atoms with Gasteiger partial charge in [-0.1, -0.05) is 11.3 Å². The standard InChI is InChI=1S/C13H14N4OS/c1-16-4-6-17(7-5-16)13-15-11-3-2-10(14-9-18)8-12(11)19-13/h2-3,8H,4-7H2,1H3. The number of anilines is 1. The molecule has 0 radical (unpaired) electrons. The average Bonchev–Trinajstić information content (AvgIpc) is 2.83. The lowest BCUT2D eigenvalue weighted by Crippen LogP contribution is -2.44. The van der Waals surface area contributed by atoms with Crippen LogP contribution in [-0.4, -0.2) is 49.2 Å². The number of piperazine rings is 1. The van der Waals surface area contributed by atoms with Crippen LogP contribution in [0.25, 0.3) is 10.2 Å². The van der Waals surface area contributed by atoms with E-state index in [1.54, 1.807) is 23.5 Å². The van der Waals surface area contributed by atoms with Crippen molar-refractivity contribution in [3.05, 3.63) is 18.2 Å². The highest BCUT2D eigenvalue weighted by Gasteiger charge is 2.17. The number of aliphatic imine (C=N–C) groups is 1. The van der Waals surface area contributed by atoms with Crippen LogP contribution >= 0.6 is 11.3 Å². The van der Waals surface area contributed by atoms with Crippen molar-refractivity contribution in [3.63, 3.8) is 0 Å². The number of aromatic nitrogens is 1. The van der Waals surface area contributed by atoms with Crippen molar-refractivity contribution >= 4 is 38.5 Å². The van der Waals surface area contributed by atoms with E-state index in [1.807, 2.05) is 12.1 Å². The second-order valence-electron chi connectivity index (χ2n) is 4.64. The highest BCUT2D eigenvalue weighted by molar-refractivity contribution is 7.22. The molecule has 1 aromatic carbocycles. The lowest BCUT2D eigenvalue weighted by atomic mass is 10.3. The number of likely N-dealkylation sites (N-methyl/N-ethyl adjacent to an activating group) is 1. The molecule has 2 aromatic rings. The van der Waals surface area contributed by atoms with Crippen LogP contribution in [0.1, 0.15) is 0 Å². The Bertz CT molecular complexity index is 639. The molecule has 5 nitrogen and oxygen atoms in total. The van der Waals surface area contributed by atoms with Gasteiger partial charge in [-0.05, 0) is 25.2 Å². The molecular formula is C13H14N4OS. The monoisotopic (exact) mass is 274 g/mol. The van der Waals surface area contributed by atoms with Gasteiger partial charge in [0, 0.05) is 26.2 Å². The minimum Gasteiger partial charge on any atom is -0.345 e. The van der Waals surface area contributed by atoms with Gasteiger partial charge < -0.3 is 9.80 Å². The molecule has 0 atom stereocenters. The molecule has 0 amide bonds. The molecule has 2 heterocycles. The van der Waals surface area contributed by atoms with E-state index in [0.29, 0.717) is 5.69 Å². The summed E-state index contributed by atoms with van der Waals surface area (Å²) in [6.45, 7) is 4.15. The van der Waals surface area contributed by atoms with Crippen molar-refractivity contribution in [2.45, 2.75) is 0 Å². The molecule has 0 saturated carbocycles. The molecule has 1 saturated heterocycles. The van der Waals surface area contributed by atoms with E-state index in [4.69, 9.17) is 0 Å².